The predicted molar refractivity (Wildman–Crippen MR) is 91.9 cm³/mol. The highest BCUT2D eigenvalue weighted by molar-refractivity contribution is 5.85. The fourth-order valence-corrected chi connectivity index (χ4v) is 2.80. The third-order valence-corrected chi connectivity index (χ3v) is 3.97. The molecule has 0 bridgehead atoms. The Labute approximate surface area is 141 Å². The molecule has 1 saturated heterocycles. The van der Waals surface area contributed by atoms with Crippen LogP contribution < -0.4 is 11.1 Å². The zero-order valence-electron chi connectivity index (χ0n) is 12.9. The van der Waals surface area contributed by atoms with Gasteiger partial charge >= 0.3 is 0 Å². The van der Waals surface area contributed by atoms with Crippen molar-refractivity contribution in [2.45, 2.75) is 31.7 Å². The number of rotatable bonds is 6. The fourth-order valence-electron chi connectivity index (χ4n) is 2.80. The van der Waals surface area contributed by atoms with Crippen molar-refractivity contribution in [2.75, 3.05) is 25.0 Å². The second kappa shape index (κ2) is 9.32. The van der Waals surface area contributed by atoms with Gasteiger partial charge < -0.3 is 16.0 Å². The van der Waals surface area contributed by atoms with E-state index in [-0.39, 0.29) is 30.0 Å². The Morgan fingerprint density at radius 3 is 2.83 bits per heavy atom. The van der Waals surface area contributed by atoms with Gasteiger partial charge in [0.15, 0.2) is 0 Å². The summed E-state index contributed by atoms with van der Waals surface area (Å²) in [4.78, 5) is 24.6. The summed E-state index contributed by atoms with van der Waals surface area (Å²) in [6, 6.07) is 6.57. The number of carbonyl (C=O) groups excluding carboxylic acids is 1. The van der Waals surface area contributed by atoms with Crippen molar-refractivity contribution >= 4 is 29.7 Å². The van der Waals surface area contributed by atoms with Crippen LogP contribution in [-0.2, 0) is 4.79 Å². The lowest BCUT2D eigenvalue weighted by molar-refractivity contribution is -0.384. The summed E-state index contributed by atoms with van der Waals surface area (Å²) in [6.45, 7) is 1.62. The van der Waals surface area contributed by atoms with Crippen molar-refractivity contribution in [3.8, 4) is 0 Å². The van der Waals surface area contributed by atoms with Crippen LogP contribution in [0.15, 0.2) is 24.3 Å². The van der Waals surface area contributed by atoms with Crippen LogP contribution in [0.3, 0.4) is 0 Å². The van der Waals surface area contributed by atoms with E-state index in [9.17, 15) is 14.9 Å². The molecule has 8 heteroatoms. The quantitative estimate of drug-likeness (QED) is 0.609. The van der Waals surface area contributed by atoms with Crippen molar-refractivity contribution < 1.29 is 9.72 Å². The van der Waals surface area contributed by atoms with E-state index in [2.05, 4.69) is 5.32 Å². The van der Waals surface area contributed by atoms with E-state index < -0.39 is 4.92 Å². The van der Waals surface area contributed by atoms with Crippen LogP contribution in [0, 0.1) is 10.1 Å². The summed E-state index contributed by atoms with van der Waals surface area (Å²) < 4.78 is 0. The highest BCUT2D eigenvalue weighted by atomic mass is 35.5. The number of para-hydroxylation sites is 2. The minimum atomic E-state index is -0.431. The van der Waals surface area contributed by atoms with Crippen molar-refractivity contribution in [1.29, 1.82) is 0 Å². The first-order chi connectivity index (χ1) is 10.6. The van der Waals surface area contributed by atoms with Crippen LogP contribution >= 0.6 is 12.4 Å². The first-order valence-electron chi connectivity index (χ1n) is 7.60. The third kappa shape index (κ3) is 5.07. The van der Waals surface area contributed by atoms with Crippen LogP contribution in [0.25, 0.3) is 0 Å². The Morgan fingerprint density at radius 2 is 2.13 bits per heavy atom. The monoisotopic (exact) mass is 342 g/mol. The molecule has 1 heterocycles. The van der Waals surface area contributed by atoms with Crippen LogP contribution in [0.2, 0.25) is 0 Å². The zero-order valence-corrected chi connectivity index (χ0v) is 13.8. The summed E-state index contributed by atoms with van der Waals surface area (Å²) >= 11 is 0. The molecule has 1 fully saturated rings. The maximum atomic E-state index is 12.3. The Kier molecular flexibility index (Phi) is 7.77. The predicted octanol–water partition coefficient (Wildman–Crippen LogP) is 2.16. The number of nitro benzene ring substituents is 1. The molecular formula is C15H23ClN4O3. The first-order valence-corrected chi connectivity index (χ1v) is 7.60. The van der Waals surface area contributed by atoms with Gasteiger partial charge in [-0.25, -0.2) is 0 Å². The van der Waals surface area contributed by atoms with E-state index >= 15 is 0 Å². The number of piperidine rings is 1. The molecule has 0 aromatic heterocycles. The smallest absolute Gasteiger partial charge is 0.292 e. The number of anilines is 1. The zero-order chi connectivity index (χ0) is 15.9. The normalized spacial score (nSPS) is 17.3. The van der Waals surface area contributed by atoms with Gasteiger partial charge in [-0.3, -0.25) is 14.9 Å². The molecule has 7 nitrogen and oxygen atoms in total. The molecule has 1 amide bonds. The molecule has 3 N–H and O–H groups in total. The van der Waals surface area contributed by atoms with Gasteiger partial charge in [0.1, 0.15) is 5.69 Å². The molecule has 0 spiro atoms. The lowest BCUT2D eigenvalue weighted by atomic mass is 10.0. The van der Waals surface area contributed by atoms with Crippen LogP contribution in [0.5, 0.6) is 0 Å². The Balaban J connectivity index is 0.00000264. The van der Waals surface area contributed by atoms with Gasteiger partial charge in [0.2, 0.25) is 5.91 Å². The molecule has 1 aliphatic rings. The van der Waals surface area contributed by atoms with E-state index in [0.29, 0.717) is 25.2 Å². The van der Waals surface area contributed by atoms with E-state index in [4.69, 9.17) is 5.73 Å². The number of benzene rings is 1. The van der Waals surface area contributed by atoms with Gasteiger partial charge in [0, 0.05) is 38.2 Å². The Morgan fingerprint density at radius 1 is 1.39 bits per heavy atom. The number of nitro groups is 1. The summed E-state index contributed by atoms with van der Waals surface area (Å²) in [5.74, 6) is 0.0567. The number of hydrogen-bond donors (Lipinski definition) is 2. The van der Waals surface area contributed by atoms with E-state index in [0.717, 1.165) is 25.8 Å². The first kappa shape index (κ1) is 19.2. The number of hydrogen-bond acceptors (Lipinski definition) is 5. The van der Waals surface area contributed by atoms with Crippen molar-refractivity contribution in [2.24, 2.45) is 5.73 Å². The second-order valence-electron chi connectivity index (χ2n) is 5.42. The maximum absolute atomic E-state index is 12.3. The summed E-state index contributed by atoms with van der Waals surface area (Å²) in [5.41, 5.74) is 6.18. The number of halogens is 1. The molecule has 1 atom stereocenters. The van der Waals surface area contributed by atoms with Gasteiger partial charge in [-0.15, -0.1) is 12.4 Å². The average Bonchev–Trinajstić information content (AvgIpc) is 2.55. The molecule has 1 aliphatic heterocycles. The molecule has 0 radical (unpaired) electrons. The fraction of sp³-hybridized carbons (Fsp3) is 0.533. The van der Waals surface area contributed by atoms with Crippen molar-refractivity contribution in [1.82, 2.24) is 4.90 Å². The number of likely N-dealkylation sites (tertiary alicyclic amines) is 1. The van der Waals surface area contributed by atoms with Gasteiger partial charge in [-0.2, -0.15) is 0 Å². The molecule has 1 unspecified atom stereocenters. The minimum absolute atomic E-state index is 0. The number of carbonyl (C=O) groups is 1. The van der Waals surface area contributed by atoms with Gasteiger partial charge in [-0.1, -0.05) is 12.1 Å². The Bertz CT molecular complexity index is 541. The molecule has 1 aromatic carbocycles. The van der Waals surface area contributed by atoms with Crippen molar-refractivity contribution in [3.05, 3.63) is 34.4 Å². The van der Waals surface area contributed by atoms with Crippen LogP contribution in [0.1, 0.15) is 25.7 Å². The summed E-state index contributed by atoms with van der Waals surface area (Å²) in [6.07, 6.45) is 3.39. The molecule has 0 aliphatic carbocycles. The maximum Gasteiger partial charge on any atom is 0.292 e. The Hall–Kier alpha value is -1.86. The van der Waals surface area contributed by atoms with Gasteiger partial charge in [0.05, 0.1) is 4.92 Å². The number of amides is 1. The number of nitrogens with two attached hydrogens (primary N) is 1. The molecule has 128 valence electrons. The SMILES string of the molecule is Cl.NCC1CCCCN1C(=O)CCNc1ccccc1[N+](=O)[O-]. The molecule has 1 aromatic rings. The largest absolute Gasteiger partial charge is 0.379 e. The van der Waals surface area contributed by atoms with Crippen molar-refractivity contribution in [3.63, 3.8) is 0 Å². The second-order valence-corrected chi connectivity index (χ2v) is 5.42. The van der Waals surface area contributed by atoms with E-state index in [1.54, 1.807) is 18.2 Å². The number of nitrogens with one attached hydrogen (secondary N) is 1. The molecule has 23 heavy (non-hydrogen) atoms. The highest BCUT2D eigenvalue weighted by Gasteiger charge is 2.25. The topological polar surface area (TPSA) is 102 Å². The van der Waals surface area contributed by atoms with Gasteiger partial charge in [0.25, 0.3) is 5.69 Å². The van der Waals surface area contributed by atoms with Gasteiger partial charge in [-0.05, 0) is 25.3 Å². The van der Waals surface area contributed by atoms with Crippen LogP contribution in [0.4, 0.5) is 11.4 Å². The van der Waals surface area contributed by atoms with Crippen LogP contribution in [-0.4, -0.2) is 41.4 Å². The molecular weight excluding hydrogens is 320 g/mol. The lowest BCUT2D eigenvalue weighted by Crippen LogP contribution is -2.47. The standard InChI is InChI=1S/C15H22N4O3.ClH/c16-11-12-5-3-4-10-18(12)15(20)8-9-17-13-6-1-2-7-14(13)19(21)22;/h1-2,6-7,12,17H,3-5,8-11,16H2;1H. The van der Waals surface area contributed by atoms with E-state index in [1.807, 2.05) is 4.90 Å². The molecule has 0 saturated carbocycles. The number of nitrogens with zero attached hydrogens (tertiary/aromatic N) is 2. The summed E-state index contributed by atoms with van der Waals surface area (Å²) in [5, 5.41) is 13.9. The summed E-state index contributed by atoms with van der Waals surface area (Å²) in [7, 11) is 0. The minimum Gasteiger partial charge on any atom is -0.379 e. The lowest BCUT2D eigenvalue weighted by Gasteiger charge is -2.35. The average molecular weight is 343 g/mol. The van der Waals surface area contributed by atoms with E-state index in [1.165, 1.54) is 6.07 Å². The molecule has 2 rings (SSSR count). The third-order valence-electron chi connectivity index (χ3n) is 3.97. The highest BCUT2D eigenvalue weighted by Crippen LogP contribution is 2.23.